The monoisotopic (exact) mass is 247 g/mol. The molecule has 0 aliphatic carbocycles. The number of alkyl halides is 1. The third kappa shape index (κ3) is 2.77. The minimum absolute atomic E-state index is 0.239. The van der Waals surface area contributed by atoms with Gasteiger partial charge in [0.1, 0.15) is 11.3 Å². The molecule has 1 aromatic carbocycles. The Bertz CT molecular complexity index is 353. The van der Waals surface area contributed by atoms with E-state index in [1.165, 1.54) is 0 Å². The largest absolute Gasteiger partial charge is 0.496 e. The Labute approximate surface area is 101 Å². The molecule has 1 atom stereocenters. The van der Waals surface area contributed by atoms with Gasteiger partial charge >= 0.3 is 0 Å². The molecule has 1 unspecified atom stereocenters. The van der Waals surface area contributed by atoms with Gasteiger partial charge in [-0.1, -0.05) is 11.6 Å². The zero-order valence-electron chi connectivity index (χ0n) is 9.34. The van der Waals surface area contributed by atoms with Crippen molar-refractivity contribution < 1.29 is 4.74 Å². The third-order valence-corrected chi connectivity index (χ3v) is 3.03. The van der Waals surface area contributed by atoms with Gasteiger partial charge in [0.15, 0.2) is 0 Å². The van der Waals surface area contributed by atoms with Crippen LogP contribution in [0.2, 0.25) is 5.02 Å². The van der Waals surface area contributed by atoms with Crippen LogP contribution in [0.25, 0.3) is 0 Å². The Morgan fingerprint density at radius 3 is 2.40 bits per heavy atom. The molecule has 0 aromatic heterocycles. The first-order valence-corrected chi connectivity index (χ1v) is 5.43. The molecule has 0 aliphatic heterocycles. The molecule has 0 amide bonds. The van der Waals surface area contributed by atoms with Gasteiger partial charge in [-0.25, -0.2) is 0 Å². The summed E-state index contributed by atoms with van der Waals surface area (Å²) < 4.78 is 5.33. The maximum Gasteiger partial charge on any atom is 0.127 e. The van der Waals surface area contributed by atoms with Crippen molar-refractivity contribution >= 4 is 23.2 Å². The van der Waals surface area contributed by atoms with Crippen molar-refractivity contribution in [1.29, 1.82) is 0 Å². The fraction of sp³-hybridized carbons (Fsp3) is 0.455. The highest BCUT2D eigenvalue weighted by molar-refractivity contribution is 6.31. The summed E-state index contributed by atoms with van der Waals surface area (Å²) in [6.07, 6.45) is 0. The van der Waals surface area contributed by atoms with E-state index < -0.39 is 0 Å². The number of halogens is 2. The highest BCUT2D eigenvalue weighted by atomic mass is 35.5. The van der Waals surface area contributed by atoms with E-state index in [1.54, 1.807) is 7.11 Å². The number of methoxy groups -OCH3 is 1. The summed E-state index contributed by atoms with van der Waals surface area (Å²) in [4.78, 5) is 1.90. The summed E-state index contributed by atoms with van der Waals surface area (Å²) in [5.41, 5.74) is 1.65. The van der Waals surface area contributed by atoms with Crippen LogP contribution in [0.5, 0.6) is 5.75 Å². The molecule has 0 N–H and O–H groups in total. The molecule has 4 heteroatoms. The molecule has 0 bridgehead atoms. The van der Waals surface area contributed by atoms with Crippen LogP contribution in [0.15, 0.2) is 12.1 Å². The van der Waals surface area contributed by atoms with E-state index in [2.05, 4.69) is 0 Å². The first-order chi connectivity index (χ1) is 6.97. The molecule has 0 spiro atoms. The lowest BCUT2D eigenvalue weighted by atomic mass is 10.1. The second-order valence-electron chi connectivity index (χ2n) is 3.64. The first-order valence-electron chi connectivity index (χ1n) is 4.62. The van der Waals surface area contributed by atoms with Crippen molar-refractivity contribution in [3.63, 3.8) is 0 Å². The molecule has 0 heterocycles. The van der Waals surface area contributed by atoms with E-state index in [9.17, 15) is 0 Å². The number of rotatable bonds is 3. The van der Waals surface area contributed by atoms with Gasteiger partial charge in [0.25, 0.3) is 0 Å². The summed E-state index contributed by atoms with van der Waals surface area (Å²) >= 11 is 12.3. The molecule has 0 saturated carbocycles. The standard InChI is InChI=1S/C11H15Cl2NO/c1-7-5-8(12)6-9(10(7)15-4)11(13)14(2)3/h5-6,11H,1-4H3. The summed E-state index contributed by atoms with van der Waals surface area (Å²) in [5, 5.41) is 0.677. The molecule has 1 aromatic rings. The quantitative estimate of drug-likeness (QED) is 0.600. The van der Waals surface area contributed by atoms with Crippen LogP contribution in [0.1, 0.15) is 16.6 Å². The zero-order chi connectivity index (χ0) is 11.6. The average molecular weight is 248 g/mol. The Hall–Kier alpha value is -0.440. The average Bonchev–Trinajstić information content (AvgIpc) is 2.15. The van der Waals surface area contributed by atoms with Crippen LogP contribution >= 0.6 is 23.2 Å². The molecule has 0 radical (unpaired) electrons. The number of nitrogens with zero attached hydrogens (tertiary/aromatic N) is 1. The second kappa shape index (κ2) is 5.06. The summed E-state index contributed by atoms with van der Waals surface area (Å²) in [7, 11) is 5.46. The molecule has 2 nitrogen and oxygen atoms in total. The third-order valence-electron chi connectivity index (χ3n) is 2.18. The fourth-order valence-corrected chi connectivity index (χ4v) is 1.93. The van der Waals surface area contributed by atoms with Crippen LogP contribution in [-0.2, 0) is 0 Å². The lowest BCUT2D eigenvalue weighted by Crippen LogP contribution is -2.15. The highest BCUT2D eigenvalue weighted by Gasteiger charge is 2.17. The van der Waals surface area contributed by atoms with Crippen molar-refractivity contribution in [2.24, 2.45) is 0 Å². The normalized spacial score (nSPS) is 13.0. The van der Waals surface area contributed by atoms with Gasteiger partial charge in [0.05, 0.1) is 7.11 Å². The van der Waals surface area contributed by atoms with Gasteiger partial charge in [0, 0.05) is 10.6 Å². The number of benzene rings is 1. The molecule has 0 saturated heterocycles. The van der Waals surface area contributed by atoms with Crippen molar-refractivity contribution in [2.75, 3.05) is 21.2 Å². The number of hydrogen-bond acceptors (Lipinski definition) is 2. The predicted octanol–water partition coefficient (Wildman–Crippen LogP) is 3.46. The van der Waals surface area contributed by atoms with E-state index >= 15 is 0 Å². The first kappa shape index (κ1) is 12.6. The number of ether oxygens (including phenoxy) is 1. The maximum atomic E-state index is 6.26. The molecule has 15 heavy (non-hydrogen) atoms. The van der Waals surface area contributed by atoms with E-state index in [1.807, 2.05) is 38.1 Å². The minimum atomic E-state index is -0.239. The maximum absolute atomic E-state index is 6.26. The fourth-order valence-electron chi connectivity index (χ4n) is 1.49. The van der Waals surface area contributed by atoms with E-state index in [0.717, 1.165) is 16.9 Å². The Kier molecular flexibility index (Phi) is 4.26. The Balaban J connectivity index is 3.26. The van der Waals surface area contributed by atoms with Gasteiger partial charge in [-0.15, -0.1) is 11.6 Å². The zero-order valence-corrected chi connectivity index (χ0v) is 10.9. The van der Waals surface area contributed by atoms with Crippen molar-refractivity contribution in [3.8, 4) is 5.75 Å². The van der Waals surface area contributed by atoms with Gasteiger partial charge < -0.3 is 4.74 Å². The van der Waals surface area contributed by atoms with Crippen molar-refractivity contribution in [1.82, 2.24) is 4.90 Å². The van der Waals surface area contributed by atoms with Crippen LogP contribution in [0, 0.1) is 6.92 Å². The summed E-state index contributed by atoms with van der Waals surface area (Å²) in [5.74, 6) is 0.799. The molecular weight excluding hydrogens is 233 g/mol. The van der Waals surface area contributed by atoms with Gasteiger partial charge in [-0.2, -0.15) is 0 Å². The Morgan fingerprint density at radius 1 is 1.33 bits per heavy atom. The van der Waals surface area contributed by atoms with Crippen LogP contribution in [0.3, 0.4) is 0 Å². The SMILES string of the molecule is COc1c(C)cc(Cl)cc1C(Cl)N(C)C. The van der Waals surface area contributed by atoms with Crippen molar-refractivity contribution in [3.05, 3.63) is 28.3 Å². The molecule has 0 aliphatic rings. The predicted molar refractivity (Wildman–Crippen MR) is 65.0 cm³/mol. The molecular formula is C11H15Cl2NO. The van der Waals surface area contributed by atoms with E-state index in [-0.39, 0.29) is 5.50 Å². The highest BCUT2D eigenvalue weighted by Crippen LogP contribution is 2.35. The Morgan fingerprint density at radius 2 is 1.93 bits per heavy atom. The number of hydrogen-bond donors (Lipinski definition) is 0. The second-order valence-corrected chi connectivity index (χ2v) is 4.49. The van der Waals surface area contributed by atoms with Crippen LogP contribution in [-0.4, -0.2) is 26.1 Å². The van der Waals surface area contributed by atoms with Gasteiger partial charge in [-0.05, 0) is 38.7 Å². The topological polar surface area (TPSA) is 12.5 Å². The lowest BCUT2D eigenvalue weighted by molar-refractivity contribution is 0.359. The molecule has 1 rings (SSSR count). The van der Waals surface area contributed by atoms with Crippen LogP contribution < -0.4 is 4.74 Å². The van der Waals surface area contributed by atoms with E-state index in [0.29, 0.717) is 5.02 Å². The van der Waals surface area contributed by atoms with Gasteiger partial charge in [-0.3, -0.25) is 4.90 Å². The lowest BCUT2D eigenvalue weighted by Gasteiger charge is -2.21. The smallest absolute Gasteiger partial charge is 0.127 e. The molecule has 0 fully saturated rings. The van der Waals surface area contributed by atoms with Crippen molar-refractivity contribution in [2.45, 2.75) is 12.4 Å². The van der Waals surface area contributed by atoms with Gasteiger partial charge in [0.2, 0.25) is 0 Å². The summed E-state index contributed by atoms with van der Waals surface area (Å²) in [6.45, 7) is 1.95. The molecule has 84 valence electrons. The number of aryl methyl sites for hydroxylation is 1. The van der Waals surface area contributed by atoms with Crippen LogP contribution in [0.4, 0.5) is 0 Å². The summed E-state index contributed by atoms with van der Waals surface area (Å²) in [6, 6.07) is 3.70. The van der Waals surface area contributed by atoms with E-state index in [4.69, 9.17) is 27.9 Å². The minimum Gasteiger partial charge on any atom is -0.496 e.